The minimum Gasteiger partial charge on any atom is -0.406 e. The van der Waals surface area contributed by atoms with Crippen LogP contribution in [0.4, 0.5) is 23.2 Å². The zero-order valence-electron chi connectivity index (χ0n) is 22.1. The molecular weight excluding hydrogens is 548 g/mol. The zero-order chi connectivity index (χ0) is 29.4. The fourth-order valence-corrected chi connectivity index (χ4v) is 4.65. The molecule has 2 heterocycles. The number of aryl methyl sites for hydroxylation is 1. The molecule has 14 heteroatoms. The van der Waals surface area contributed by atoms with Gasteiger partial charge in [-0.15, -0.1) is 18.3 Å². The summed E-state index contributed by atoms with van der Waals surface area (Å²) in [5.41, 5.74) is 0.306. The van der Waals surface area contributed by atoms with Gasteiger partial charge in [0.1, 0.15) is 11.9 Å². The summed E-state index contributed by atoms with van der Waals surface area (Å²) in [5, 5.41) is 12.7. The number of amides is 2. The Hall–Kier alpha value is -4.23. The number of nitrogens with one attached hydrogen (secondary N) is 2. The highest BCUT2D eigenvalue weighted by atomic mass is 19.4. The van der Waals surface area contributed by atoms with Crippen molar-refractivity contribution in [1.82, 2.24) is 24.9 Å². The van der Waals surface area contributed by atoms with E-state index in [0.717, 1.165) is 42.5 Å². The lowest BCUT2D eigenvalue weighted by atomic mass is 10.0. The molecule has 1 aliphatic rings. The maximum absolute atomic E-state index is 14.6. The molecule has 0 radical (unpaired) electrons. The van der Waals surface area contributed by atoms with Gasteiger partial charge in [0.25, 0.3) is 11.5 Å². The van der Waals surface area contributed by atoms with E-state index in [1.54, 1.807) is 6.07 Å². The highest BCUT2D eigenvalue weighted by Gasteiger charge is 2.31. The Bertz CT molecular complexity index is 1400. The smallest absolute Gasteiger partial charge is 0.406 e. The van der Waals surface area contributed by atoms with Crippen molar-refractivity contribution in [2.24, 2.45) is 5.92 Å². The summed E-state index contributed by atoms with van der Waals surface area (Å²) in [6.45, 7) is -0.207. The van der Waals surface area contributed by atoms with Crippen LogP contribution in [0.1, 0.15) is 54.6 Å². The molecule has 3 aromatic rings. The predicted molar refractivity (Wildman–Crippen MR) is 140 cm³/mol. The van der Waals surface area contributed by atoms with Crippen molar-refractivity contribution in [1.29, 1.82) is 0 Å². The summed E-state index contributed by atoms with van der Waals surface area (Å²) in [7, 11) is 0. The standard InChI is InChI=1S/C27H30F4N6O4/c28-20(8-10-36-11-9-21(14-25(36)39)33-24(38)13-18-4-1-2-5-18)16-37-17-23(34-35-37)26(40)32-15-19-6-3-7-22(12-19)41-27(29,30)31/h3,6-7,9,11-12,14,17-18,20H,1-2,4-5,8,10,13,15-16H2,(H,32,40)(H,33,38). The van der Waals surface area contributed by atoms with Crippen LogP contribution < -0.4 is 20.9 Å². The Labute approximate surface area is 232 Å². The van der Waals surface area contributed by atoms with Crippen LogP contribution in [0, 0.1) is 5.92 Å². The molecule has 1 aliphatic carbocycles. The second-order valence-electron chi connectivity index (χ2n) is 9.94. The monoisotopic (exact) mass is 578 g/mol. The molecule has 2 amide bonds. The SMILES string of the molecule is O=C(CC1CCCC1)Nc1ccn(CCC(F)Cn2cc(C(=O)NCc3cccc(OC(F)(F)F)c3)nn2)c(=O)c1. The van der Waals surface area contributed by atoms with Crippen molar-refractivity contribution in [3.8, 4) is 5.75 Å². The molecule has 10 nitrogen and oxygen atoms in total. The number of aromatic nitrogens is 4. The highest BCUT2D eigenvalue weighted by molar-refractivity contribution is 5.92. The molecule has 41 heavy (non-hydrogen) atoms. The van der Waals surface area contributed by atoms with Crippen LogP contribution in [-0.2, 0) is 24.4 Å². The minimum absolute atomic E-state index is 0.00891. The normalized spacial score (nSPS) is 14.5. The van der Waals surface area contributed by atoms with Crippen molar-refractivity contribution in [3.63, 3.8) is 0 Å². The minimum atomic E-state index is -4.83. The van der Waals surface area contributed by atoms with Crippen molar-refractivity contribution in [2.75, 3.05) is 5.32 Å². The molecule has 2 aromatic heterocycles. The number of ether oxygens (including phenoxy) is 1. The third kappa shape index (κ3) is 9.43. The van der Waals surface area contributed by atoms with Gasteiger partial charge < -0.3 is 19.9 Å². The number of hydrogen-bond donors (Lipinski definition) is 2. The van der Waals surface area contributed by atoms with Crippen LogP contribution in [0.2, 0.25) is 0 Å². The Morgan fingerprint density at radius 3 is 2.66 bits per heavy atom. The summed E-state index contributed by atoms with van der Waals surface area (Å²) in [6.07, 6.45) is 1.32. The molecule has 220 valence electrons. The van der Waals surface area contributed by atoms with E-state index in [4.69, 9.17) is 0 Å². The van der Waals surface area contributed by atoms with Crippen LogP contribution >= 0.6 is 0 Å². The van der Waals surface area contributed by atoms with E-state index < -0.39 is 24.2 Å². The second kappa shape index (κ2) is 13.4. The van der Waals surface area contributed by atoms with Gasteiger partial charge >= 0.3 is 6.36 Å². The summed E-state index contributed by atoms with van der Waals surface area (Å²) >= 11 is 0. The molecule has 1 unspecified atom stereocenters. The molecule has 0 aliphatic heterocycles. The van der Waals surface area contributed by atoms with E-state index in [2.05, 4.69) is 25.7 Å². The average molecular weight is 579 g/mol. The van der Waals surface area contributed by atoms with Gasteiger partial charge in [0, 0.05) is 37.5 Å². The number of alkyl halides is 4. The lowest BCUT2D eigenvalue weighted by Crippen LogP contribution is -2.24. The number of nitrogens with zero attached hydrogens (tertiary/aromatic N) is 4. The fraction of sp³-hybridized carbons (Fsp3) is 0.444. The number of rotatable bonds is 12. The summed E-state index contributed by atoms with van der Waals surface area (Å²) in [5.74, 6) is -0.789. The Balaban J connectivity index is 1.21. The molecule has 0 spiro atoms. The van der Waals surface area contributed by atoms with Crippen molar-refractivity contribution in [2.45, 2.75) is 70.7 Å². The number of halogens is 4. The largest absolute Gasteiger partial charge is 0.573 e. The molecule has 0 bridgehead atoms. The summed E-state index contributed by atoms with van der Waals surface area (Å²) in [6, 6.07) is 8.06. The van der Waals surface area contributed by atoms with E-state index in [9.17, 15) is 31.9 Å². The number of carbonyl (C=O) groups excluding carboxylic acids is 2. The summed E-state index contributed by atoms with van der Waals surface area (Å²) < 4.78 is 58.2. The molecule has 1 aromatic carbocycles. The molecule has 4 rings (SSSR count). The quantitative estimate of drug-likeness (QED) is 0.311. The first kappa shape index (κ1) is 29.7. The van der Waals surface area contributed by atoms with Crippen LogP contribution in [0.15, 0.2) is 53.6 Å². The first-order valence-electron chi connectivity index (χ1n) is 13.2. The van der Waals surface area contributed by atoms with Crippen LogP contribution in [0.5, 0.6) is 5.75 Å². The van der Waals surface area contributed by atoms with E-state index in [-0.39, 0.29) is 43.2 Å². The zero-order valence-corrected chi connectivity index (χ0v) is 22.1. The van der Waals surface area contributed by atoms with Gasteiger partial charge in [-0.05, 0) is 48.9 Å². The van der Waals surface area contributed by atoms with Gasteiger partial charge in [-0.3, -0.25) is 14.4 Å². The Kier molecular flexibility index (Phi) is 9.73. The summed E-state index contributed by atoms with van der Waals surface area (Å²) in [4.78, 5) is 37.0. The second-order valence-corrected chi connectivity index (χ2v) is 9.94. The lowest BCUT2D eigenvalue weighted by Gasteiger charge is -2.12. The van der Waals surface area contributed by atoms with Gasteiger partial charge in [-0.25, -0.2) is 9.07 Å². The number of anilines is 1. The lowest BCUT2D eigenvalue weighted by molar-refractivity contribution is -0.274. The van der Waals surface area contributed by atoms with Gasteiger partial charge in [0.15, 0.2) is 5.69 Å². The third-order valence-electron chi connectivity index (χ3n) is 6.65. The van der Waals surface area contributed by atoms with Crippen molar-refractivity contribution in [3.05, 3.63) is 70.4 Å². The number of hydrogen-bond acceptors (Lipinski definition) is 6. The highest BCUT2D eigenvalue weighted by Crippen LogP contribution is 2.27. The third-order valence-corrected chi connectivity index (χ3v) is 6.65. The van der Waals surface area contributed by atoms with E-state index in [0.29, 0.717) is 23.6 Å². The molecule has 1 atom stereocenters. The van der Waals surface area contributed by atoms with Crippen LogP contribution in [-0.4, -0.2) is 43.9 Å². The maximum atomic E-state index is 14.6. The number of carbonyl (C=O) groups is 2. The Morgan fingerprint density at radius 1 is 1.15 bits per heavy atom. The van der Waals surface area contributed by atoms with E-state index >= 15 is 0 Å². The fourth-order valence-electron chi connectivity index (χ4n) is 4.65. The number of benzene rings is 1. The van der Waals surface area contributed by atoms with Gasteiger partial charge in [-0.2, -0.15) is 0 Å². The number of pyridine rings is 1. The van der Waals surface area contributed by atoms with E-state index in [1.807, 2.05) is 0 Å². The van der Waals surface area contributed by atoms with Gasteiger partial charge in [0.05, 0.1) is 12.7 Å². The molecular formula is C27H30F4N6O4. The van der Waals surface area contributed by atoms with Gasteiger partial charge in [-0.1, -0.05) is 30.2 Å². The molecule has 2 N–H and O–H groups in total. The van der Waals surface area contributed by atoms with E-state index in [1.165, 1.54) is 35.2 Å². The van der Waals surface area contributed by atoms with Crippen LogP contribution in [0.3, 0.4) is 0 Å². The van der Waals surface area contributed by atoms with Crippen LogP contribution in [0.25, 0.3) is 0 Å². The Morgan fingerprint density at radius 2 is 1.93 bits per heavy atom. The van der Waals surface area contributed by atoms with Crippen molar-refractivity contribution < 1.29 is 31.9 Å². The van der Waals surface area contributed by atoms with Gasteiger partial charge in [0.2, 0.25) is 5.91 Å². The maximum Gasteiger partial charge on any atom is 0.573 e. The topological polar surface area (TPSA) is 120 Å². The molecule has 1 fully saturated rings. The molecule has 0 saturated heterocycles. The molecule has 1 saturated carbocycles. The average Bonchev–Trinajstić information content (AvgIpc) is 3.58. The predicted octanol–water partition coefficient (Wildman–Crippen LogP) is 4.22. The first-order chi connectivity index (χ1) is 19.5. The van der Waals surface area contributed by atoms with Crippen molar-refractivity contribution >= 4 is 17.5 Å². The first-order valence-corrected chi connectivity index (χ1v) is 13.2.